The molecule has 0 bridgehead atoms. The van der Waals surface area contributed by atoms with Crippen molar-refractivity contribution in [1.29, 1.82) is 0 Å². The molecule has 0 heterocycles. The lowest BCUT2D eigenvalue weighted by atomic mass is 9.43. The predicted octanol–water partition coefficient (Wildman–Crippen LogP) is 4.93. The summed E-state index contributed by atoms with van der Waals surface area (Å²) in [5.74, 6) is 2.86. The van der Waals surface area contributed by atoms with Crippen LogP contribution in [0, 0.1) is 46.3 Å². The molecule has 4 fully saturated rings. The van der Waals surface area contributed by atoms with Gasteiger partial charge in [-0.05, 0) is 98.2 Å². The molecule has 0 aromatic carbocycles. The van der Waals surface area contributed by atoms with E-state index in [-0.39, 0.29) is 29.0 Å². The molecule has 4 aliphatic carbocycles. The van der Waals surface area contributed by atoms with Crippen LogP contribution in [-0.4, -0.2) is 38.2 Å². The Labute approximate surface area is 198 Å². The molecule has 0 amide bonds. The number of rotatable bonds is 8. The Kier molecular flexibility index (Phi) is 7.12. The highest BCUT2D eigenvalue weighted by molar-refractivity contribution is 5.69. The van der Waals surface area contributed by atoms with E-state index in [4.69, 9.17) is 14.2 Å². The zero-order valence-electron chi connectivity index (χ0n) is 20.8. The van der Waals surface area contributed by atoms with Gasteiger partial charge in [-0.25, -0.2) is 0 Å². The first-order valence-electron chi connectivity index (χ1n) is 13.0. The molecule has 0 radical (unpaired) electrons. The third-order valence-electron chi connectivity index (χ3n) is 10.9. The van der Waals surface area contributed by atoms with Crippen molar-refractivity contribution >= 4 is 18.9 Å². The van der Waals surface area contributed by atoms with Crippen LogP contribution in [0.5, 0.6) is 0 Å². The molecule has 0 aromatic rings. The highest BCUT2D eigenvalue weighted by Gasteiger charge is 2.63. The molecule has 10 atom stereocenters. The van der Waals surface area contributed by atoms with E-state index in [2.05, 4.69) is 20.8 Å². The predicted molar refractivity (Wildman–Crippen MR) is 123 cm³/mol. The van der Waals surface area contributed by atoms with Crippen LogP contribution >= 0.6 is 0 Å². The van der Waals surface area contributed by atoms with Gasteiger partial charge in [0.2, 0.25) is 0 Å². The SMILES string of the molecule is COC(=O)CC[C@@H](C)[C@H]1CC[C@H]2[C@@H]3[C@H](OC=O)C[C@@H]4C[C@H](OC=O)CC[C@]4(C)[C@H]3CC[C@]12C. The van der Waals surface area contributed by atoms with Gasteiger partial charge in [0.25, 0.3) is 12.9 Å². The van der Waals surface area contributed by atoms with Gasteiger partial charge in [-0.3, -0.25) is 14.4 Å². The molecule has 4 saturated carbocycles. The molecular weight excluding hydrogens is 420 g/mol. The van der Waals surface area contributed by atoms with Gasteiger partial charge in [-0.15, -0.1) is 0 Å². The maximum Gasteiger partial charge on any atom is 0.305 e. The molecule has 4 aliphatic rings. The normalized spacial score (nSPS) is 45.0. The highest BCUT2D eigenvalue weighted by atomic mass is 16.5. The lowest BCUT2D eigenvalue weighted by molar-refractivity contribution is -0.190. The van der Waals surface area contributed by atoms with Gasteiger partial charge >= 0.3 is 5.97 Å². The van der Waals surface area contributed by atoms with Crippen LogP contribution in [0.2, 0.25) is 0 Å². The van der Waals surface area contributed by atoms with Crippen molar-refractivity contribution in [3.05, 3.63) is 0 Å². The van der Waals surface area contributed by atoms with Crippen LogP contribution < -0.4 is 0 Å². The Balaban J connectivity index is 1.56. The van der Waals surface area contributed by atoms with Crippen LogP contribution in [0.4, 0.5) is 0 Å². The van der Waals surface area contributed by atoms with Crippen molar-refractivity contribution in [3.8, 4) is 0 Å². The van der Waals surface area contributed by atoms with Gasteiger partial charge in [0, 0.05) is 12.3 Å². The number of carbonyl (C=O) groups excluding carboxylic acids is 3. The van der Waals surface area contributed by atoms with Crippen LogP contribution in [0.15, 0.2) is 0 Å². The molecule has 0 aromatic heterocycles. The standard InChI is InChI=1S/C27H42O6/c1-17(5-8-24(30)31-4)20-6-7-21-25-22(10-12-27(20,21)3)26(2)11-9-19(32-15-28)13-18(26)14-23(25)33-16-29/h15-23,25H,5-14H2,1-4H3/t17-,18+,19-,20-,21+,22+,23-,25+,26+,27-/m1/s1. The van der Waals surface area contributed by atoms with Crippen molar-refractivity contribution in [2.45, 2.75) is 97.2 Å². The van der Waals surface area contributed by atoms with Crippen LogP contribution in [0.1, 0.15) is 85.0 Å². The topological polar surface area (TPSA) is 78.9 Å². The summed E-state index contributed by atoms with van der Waals surface area (Å²) in [5.41, 5.74) is 0.439. The monoisotopic (exact) mass is 462 g/mol. The minimum absolute atomic E-state index is 0.00520. The second-order valence-corrected chi connectivity index (χ2v) is 11.9. The fourth-order valence-corrected chi connectivity index (χ4v) is 9.20. The second-order valence-electron chi connectivity index (χ2n) is 11.9. The molecule has 6 heteroatoms. The minimum atomic E-state index is -0.120. The first-order valence-corrected chi connectivity index (χ1v) is 13.0. The number of esters is 1. The summed E-state index contributed by atoms with van der Waals surface area (Å²) in [6, 6.07) is 0. The average Bonchev–Trinajstić information content (AvgIpc) is 3.15. The molecule has 0 N–H and O–H groups in total. The van der Waals surface area contributed by atoms with E-state index >= 15 is 0 Å². The summed E-state index contributed by atoms with van der Waals surface area (Å²) in [4.78, 5) is 34.2. The zero-order valence-corrected chi connectivity index (χ0v) is 20.8. The van der Waals surface area contributed by atoms with Gasteiger partial charge in [0.1, 0.15) is 12.2 Å². The van der Waals surface area contributed by atoms with Crippen LogP contribution in [0.25, 0.3) is 0 Å². The summed E-state index contributed by atoms with van der Waals surface area (Å²) in [5, 5.41) is 0. The van der Waals surface area contributed by atoms with Crippen molar-refractivity contribution in [2.24, 2.45) is 46.3 Å². The van der Waals surface area contributed by atoms with Gasteiger partial charge in [-0.2, -0.15) is 0 Å². The number of methoxy groups -OCH3 is 1. The van der Waals surface area contributed by atoms with Crippen LogP contribution in [0.3, 0.4) is 0 Å². The smallest absolute Gasteiger partial charge is 0.305 e. The van der Waals surface area contributed by atoms with Gasteiger partial charge < -0.3 is 14.2 Å². The van der Waals surface area contributed by atoms with E-state index in [9.17, 15) is 14.4 Å². The summed E-state index contributed by atoms with van der Waals surface area (Å²) in [6.45, 7) is 8.48. The lowest BCUT2D eigenvalue weighted by Gasteiger charge is -2.62. The fraction of sp³-hybridized carbons (Fsp3) is 0.889. The largest absolute Gasteiger partial charge is 0.469 e. The fourth-order valence-electron chi connectivity index (χ4n) is 9.20. The van der Waals surface area contributed by atoms with E-state index in [0.29, 0.717) is 54.9 Å². The first kappa shape index (κ1) is 24.5. The Morgan fingerprint density at radius 1 is 0.970 bits per heavy atom. The van der Waals surface area contributed by atoms with Crippen LogP contribution in [-0.2, 0) is 28.6 Å². The summed E-state index contributed by atoms with van der Waals surface area (Å²) >= 11 is 0. The van der Waals surface area contributed by atoms with Gasteiger partial charge in [-0.1, -0.05) is 20.8 Å². The molecule has 4 rings (SSSR count). The van der Waals surface area contributed by atoms with Gasteiger partial charge in [0.05, 0.1) is 7.11 Å². The Bertz CT molecular complexity index is 738. The third-order valence-corrected chi connectivity index (χ3v) is 10.9. The molecule has 0 spiro atoms. The number of carbonyl (C=O) groups is 3. The molecule has 33 heavy (non-hydrogen) atoms. The van der Waals surface area contributed by atoms with Crippen molar-refractivity contribution in [2.75, 3.05) is 7.11 Å². The minimum Gasteiger partial charge on any atom is -0.469 e. The van der Waals surface area contributed by atoms with Gasteiger partial charge in [0.15, 0.2) is 0 Å². The Morgan fingerprint density at radius 2 is 1.67 bits per heavy atom. The third kappa shape index (κ3) is 4.20. The zero-order chi connectivity index (χ0) is 23.8. The first-order chi connectivity index (χ1) is 15.8. The summed E-state index contributed by atoms with van der Waals surface area (Å²) < 4.78 is 16.1. The van der Waals surface area contributed by atoms with E-state index in [1.807, 2.05) is 0 Å². The molecule has 0 unspecified atom stereocenters. The van der Waals surface area contributed by atoms with Crippen molar-refractivity contribution in [3.63, 3.8) is 0 Å². The number of fused-ring (bicyclic) bond motifs is 5. The number of hydrogen-bond donors (Lipinski definition) is 0. The maximum absolute atomic E-state index is 11.7. The van der Waals surface area contributed by atoms with E-state index in [0.717, 1.165) is 32.1 Å². The average molecular weight is 463 g/mol. The Morgan fingerprint density at radius 3 is 2.36 bits per heavy atom. The maximum atomic E-state index is 11.7. The van der Waals surface area contributed by atoms with E-state index < -0.39 is 0 Å². The highest BCUT2D eigenvalue weighted by Crippen LogP contribution is 2.68. The molecule has 0 saturated heterocycles. The second kappa shape index (κ2) is 9.58. The summed E-state index contributed by atoms with van der Waals surface area (Å²) in [7, 11) is 1.46. The lowest BCUT2D eigenvalue weighted by Crippen LogP contribution is -2.59. The summed E-state index contributed by atoms with van der Waals surface area (Å²) in [6.07, 6.45) is 9.83. The molecule has 0 aliphatic heterocycles. The molecular formula is C27H42O6. The Hall–Kier alpha value is -1.59. The van der Waals surface area contributed by atoms with E-state index in [1.54, 1.807) is 0 Å². The number of hydrogen-bond acceptors (Lipinski definition) is 6. The number of ether oxygens (including phenoxy) is 3. The molecule has 6 nitrogen and oxygen atoms in total. The van der Waals surface area contributed by atoms with Crippen molar-refractivity contribution < 1.29 is 28.6 Å². The van der Waals surface area contributed by atoms with Crippen molar-refractivity contribution in [1.82, 2.24) is 0 Å². The quantitative estimate of drug-likeness (QED) is 0.289. The van der Waals surface area contributed by atoms with E-state index in [1.165, 1.54) is 32.8 Å². The molecule has 186 valence electrons.